The molecule has 2 N–H and O–H groups in total. The smallest absolute Gasteiger partial charge is 0.0471 e. The Labute approximate surface area is 110 Å². The number of nitrogens with one attached hydrogen (secondary N) is 1. The standard InChI is InChI=1S/C15H24N2O/c1-12(2)17-9-7-15(11-17)16-14-5-3-13(4-6-14)8-10-18/h3-6,12,15-16,18H,7-11H2,1-2H3. The summed E-state index contributed by atoms with van der Waals surface area (Å²) in [6.07, 6.45) is 1.96. The van der Waals surface area contributed by atoms with Gasteiger partial charge in [0.05, 0.1) is 0 Å². The number of aliphatic hydroxyl groups is 1. The molecule has 1 atom stereocenters. The van der Waals surface area contributed by atoms with Crippen LogP contribution in [0.3, 0.4) is 0 Å². The molecule has 1 unspecified atom stereocenters. The molecule has 1 aromatic carbocycles. The van der Waals surface area contributed by atoms with Gasteiger partial charge in [0.1, 0.15) is 0 Å². The van der Waals surface area contributed by atoms with Crippen LogP contribution in [0.1, 0.15) is 25.8 Å². The molecule has 0 aliphatic carbocycles. The summed E-state index contributed by atoms with van der Waals surface area (Å²) in [4.78, 5) is 2.51. The summed E-state index contributed by atoms with van der Waals surface area (Å²) in [5, 5.41) is 12.5. The molecule has 2 rings (SSSR count). The quantitative estimate of drug-likeness (QED) is 0.838. The van der Waals surface area contributed by atoms with Crippen molar-refractivity contribution in [1.29, 1.82) is 0 Å². The van der Waals surface area contributed by atoms with E-state index in [0.717, 1.165) is 13.0 Å². The Kier molecular flexibility index (Phi) is 4.61. The summed E-state index contributed by atoms with van der Waals surface area (Å²) >= 11 is 0. The fourth-order valence-electron chi connectivity index (χ4n) is 2.51. The zero-order valence-corrected chi connectivity index (χ0v) is 11.4. The summed E-state index contributed by atoms with van der Waals surface area (Å²) < 4.78 is 0. The molecule has 0 radical (unpaired) electrons. The molecule has 0 spiro atoms. The van der Waals surface area contributed by atoms with Gasteiger partial charge in [0, 0.05) is 37.5 Å². The first kappa shape index (κ1) is 13.4. The lowest BCUT2D eigenvalue weighted by Gasteiger charge is -2.21. The second-order valence-corrected chi connectivity index (χ2v) is 5.39. The predicted molar refractivity (Wildman–Crippen MR) is 76.0 cm³/mol. The topological polar surface area (TPSA) is 35.5 Å². The van der Waals surface area contributed by atoms with Crippen molar-refractivity contribution in [2.75, 3.05) is 25.0 Å². The van der Waals surface area contributed by atoms with E-state index in [1.54, 1.807) is 0 Å². The van der Waals surface area contributed by atoms with Gasteiger partial charge in [0.2, 0.25) is 0 Å². The molecule has 1 aliphatic heterocycles. The molecule has 1 aromatic rings. The van der Waals surface area contributed by atoms with Crippen LogP contribution >= 0.6 is 0 Å². The molecule has 1 saturated heterocycles. The molecule has 0 amide bonds. The first-order chi connectivity index (χ1) is 8.69. The van der Waals surface area contributed by atoms with Crippen molar-refractivity contribution in [2.45, 2.75) is 38.8 Å². The highest BCUT2D eigenvalue weighted by atomic mass is 16.2. The van der Waals surface area contributed by atoms with Crippen LogP contribution < -0.4 is 5.32 Å². The lowest BCUT2D eigenvalue weighted by molar-refractivity contribution is 0.274. The number of benzene rings is 1. The van der Waals surface area contributed by atoms with E-state index in [0.29, 0.717) is 12.1 Å². The molecular weight excluding hydrogens is 224 g/mol. The second-order valence-electron chi connectivity index (χ2n) is 5.39. The van der Waals surface area contributed by atoms with Crippen LogP contribution in [0.4, 0.5) is 5.69 Å². The van der Waals surface area contributed by atoms with Gasteiger partial charge < -0.3 is 10.4 Å². The normalized spacial score (nSPS) is 20.6. The highest BCUT2D eigenvalue weighted by Gasteiger charge is 2.23. The minimum Gasteiger partial charge on any atom is -0.396 e. The van der Waals surface area contributed by atoms with Crippen molar-refractivity contribution in [3.05, 3.63) is 29.8 Å². The number of likely N-dealkylation sites (tertiary alicyclic amines) is 1. The monoisotopic (exact) mass is 248 g/mol. The fourth-order valence-corrected chi connectivity index (χ4v) is 2.51. The molecule has 100 valence electrons. The third-order valence-electron chi connectivity index (χ3n) is 3.68. The van der Waals surface area contributed by atoms with E-state index in [4.69, 9.17) is 5.11 Å². The van der Waals surface area contributed by atoms with Crippen LogP contribution in [0.15, 0.2) is 24.3 Å². The number of aliphatic hydroxyl groups excluding tert-OH is 1. The Hall–Kier alpha value is -1.06. The van der Waals surface area contributed by atoms with Gasteiger partial charge in [-0.1, -0.05) is 12.1 Å². The SMILES string of the molecule is CC(C)N1CCC(Nc2ccc(CCO)cc2)C1. The average molecular weight is 248 g/mol. The second kappa shape index (κ2) is 6.21. The highest BCUT2D eigenvalue weighted by Crippen LogP contribution is 2.18. The Morgan fingerprint density at radius 3 is 2.61 bits per heavy atom. The van der Waals surface area contributed by atoms with Crippen molar-refractivity contribution in [3.8, 4) is 0 Å². The first-order valence-electron chi connectivity index (χ1n) is 6.89. The molecule has 3 heteroatoms. The van der Waals surface area contributed by atoms with Crippen LogP contribution in [-0.2, 0) is 6.42 Å². The predicted octanol–water partition coefficient (Wildman–Crippen LogP) is 2.12. The van der Waals surface area contributed by atoms with Gasteiger partial charge in [0.15, 0.2) is 0 Å². The van der Waals surface area contributed by atoms with Gasteiger partial charge in [-0.05, 0) is 44.4 Å². The Morgan fingerprint density at radius 2 is 2.06 bits per heavy atom. The zero-order valence-electron chi connectivity index (χ0n) is 11.4. The van der Waals surface area contributed by atoms with Crippen LogP contribution in [0.5, 0.6) is 0 Å². The van der Waals surface area contributed by atoms with E-state index >= 15 is 0 Å². The molecule has 0 aromatic heterocycles. The van der Waals surface area contributed by atoms with Gasteiger partial charge >= 0.3 is 0 Å². The molecular formula is C15H24N2O. The van der Waals surface area contributed by atoms with Gasteiger partial charge in [0.25, 0.3) is 0 Å². The number of anilines is 1. The van der Waals surface area contributed by atoms with E-state index < -0.39 is 0 Å². The molecule has 3 nitrogen and oxygen atoms in total. The van der Waals surface area contributed by atoms with Gasteiger partial charge in [-0.3, -0.25) is 4.90 Å². The summed E-state index contributed by atoms with van der Waals surface area (Å²) in [6, 6.07) is 9.62. The first-order valence-corrected chi connectivity index (χ1v) is 6.89. The van der Waals surface area contributed by atoms with Gasteiger partial charge in [-0.15, -0.1) is 0 Å². The Bertz CT molecular complexity index is 361. The van der Waals surface area contributed by atoms with E-state index in [2.05, 4.69) is 48.3 Å². The van der Waals surface area contributed by atoms with E-state index in [1.165, 1.54) is 24.2 Å². The maximum Gasteiger partial charge on any atom is 0.0471 e. The van der Waals surface area contributed by atoms with Crippen LogP contribution in [-0.4, -0.2) is 41.8 Å². The summed E-state index contributed by atoms with van der Waals surface area (Å²) in [5.41, 5.74) is 2.38. The molecule has 1 fully saturated rings. The van der Waals surface area contributed by atoms with E-state index in [-0.39, 0.29) is 6.61 Å². The molecule has 0 saturated carbocycles. The number of rotatable bonds is 5. The number of nitrogens with zero attached hydrogens (tertiary/aromatic N) is 1. The molecule has 1 aliphatic rings. The van der Waals surface area contributed by atoms with Crippen molar-refractivity contribution in [1.82, 2.24) is 4.90 Å². The average Bonchev–Trinajstić information content (AvgIpc) is 2.81. The molecule has 0 bridgehead atoms. The van der Waals surface area contributed by atoms with E-state index in [1.807, 2.05) is 0 Å². The van der Waals surface area contributed by atoms with Crippen LogP contribution in [0, 0.1) is 0 Å². The maximum atomic E-state index is 8.88. The zero-order chi connectivity index (χ0) is 13.0. The lowest BCUT2D eigenvalue weighted by Crippen LogP contribution is -2.31. The van der Waals surface area contributed by atoms with Crippen molar-refractivity contribution < 1.29 is 5.11 Å². The lowest BCUT2D eigenvalue weighted by atomic mass is 10.1. The largest absolute Gasteiger partial charge is 0.396 e. The number of hydrogen-bond acceptors (Lipinski definition) is 3. The minimum absolute atomic E-state index is 0.221. The Balaban J connectivity index is 1.86. The fraction of sp³-hybridized carbons (Fsp3) is 0.600. The maximum absolute atomic E-state index is 8.88. The van der Waals surface area contributed by atoms with Crippen molar-refractivity contribution in [3.63, 3.8) is 0 Å². The summed E-state index contributed by atoms with van der Waals surface area (Å²) in [7, 11) is 0. The van der Waals surface area contributed by atoms with Gasteiger partial charge in [-0.25, -0.2) is 0 Å². The van der Waals surface area contributed by atoms with Crippen LogP contribution in [0.2, 0.25) is 0 Å². The van der Waals surface area contributed by atoms with Crippen LogP contribution in [0.25, 0.3) is 0 Å². The summed E-state index contributed by atoms with van der Waals surface area (Å²) in [5.74, 6) is 0. The van der Waals surface area contributed by atoms with Crippen molar-refractivity contribution in [2.24, 2.45) is 0 Å². The third kappa shape index (κ3) is 3.47. The highest BCUT2D eigenvalue weighted by molar-refractivity contribution is 5.45. The Morgan fingerprint density at radius 1 is 1.33 bits per heavy atom. The van der Waals surface area contributed by atoms with E-state index in [9.17, 15) is 0 Å². The molecule has 1 heterocycles. The number of hydrogen-bond donors (Lipinski definition) is 2. The molecule has 18 heavy (non-hydrogen) atoms. The summed E-state index contributed by atoms with van der Waals surface area (Å²) in [6.45, 7) is 7.06. The van der Waals surface area contributed by atoms with Gasteiger partial charge in [-0.2, -0.15) is 0 Å². The third-order valence-corrected chi connectivity index (χ3v) is 3.68. The minimum atomic E-state index is 0.221. The van der Waals surface area contributed by atoms with Crippen molar-refractivity contribution >= 4 is 5.69 Å².